The van der Waals surface area contributed by atoms with Crippen LogP contribution in [0.4, 0.5) is 5.82 Å². The molecule has 1 amide bonds. The smallest absolute Gasteiger partial charge is 0.220 e. The number of carbonyl (C=O) groups is 1. The summed E-state index contributed by atoms with van der Waals surface area (Å²) in [6.45, 7) is 2.67. The first-order valence-electron chi connectivity index (χ1n) is 12.0. The summed E-state index contributed by atoms with van der Waals surface area (Å²) in [5, 5.41) is 12.0. The van der Waals surface area contributed by atoms with Gasteiger partial charge in [-0.1, -0.05) is 42.5 Å². The second-order valence-electron chi connectivity index (χ2n) is 8.69. The first-order chi connectivity index (χ1) is 16.3. The van der Waals surface area contributed by atoms with Crippen LogP contribution in [0.1, 0.15) is 43.5 Å². The van der Waals surface area contributed by atoms with Gasteiger partial charge in [0, 0.05) is 32.5 Å². The van der Waals surface area contributed by atoms with E-state index in [0.29, 0.717) is 19.4 Å². The minimum absolute atomic E-state index is 0.0504. The van der Waals surface area contributed by atoms with E-state index in [0.717, 1.165) is 54.3 Å². The van der Waals surface area contributed by atoms with E-state index in [2.05, 4.69) is 36.9 Å². The van der Waals surface area contributed by atoms with Gasteiger partial charge in [-0.05, 0) is 49.8 Å². The molecule has 0 aliphatic carbocycles. The molecular weight excluding hydrogens is 412 g/mol. The van der Waals surface area contributed by atoms with Gasteiger partial charge in [-0.25, -0.2) is 4.98 Å². The predicted molar refractivity (Wildman–Crippen MR) is 130 cm³/mol. The summed E-state index contributed by atoms with van der Waals surface area (Å²) in [5.74, 6) is 1.76. The molecule has 170 valence electrons. The first-order valence-corrected chi connectivity index (χ1v) is 12.0. The number of piperidine rings is 1. The summed E-state index contributed by atoms with van der Waals surface area (Å²) < 4.78 is 2.09. The summed E-state index contributed by atoms with van der Waals surface area (Å²) >= 11 is 0. The van der Waals surface area contributed by atoms with E-state index in [1.807, 2.05) is 42.5 Å². The van der Waals surface area contributed by atoms with Gasteiger partial charge in [0.25, 0.3) is 0 Å². The van der Waals surface area contributed by atoms with E-state index in [4.69, 9.17) is 4.98 Å². The van der Waals surface area contributed by atoms with Crippen LogP contribution in [-0.4, -0.2) is 45.1 Å². The van der Waals surface area contributed by atoms with Crippen molar-refractivity contribution in [1.29, 1.82) is 0 Å². The summed E-state index contributed by atoms with van der Waals surface area (Å²) in [7, 11) is 0. The Balaban J connectivity index is 1.28. The average Bonchev–Trinajstić information content (AvgIpc) is 3.30. The van der Waals surface area contributed by atoms with Crippen molar-refractivity contribution in [2.24, 2.45) is 0 Å². The number of rotatable bonds is 8. The highest BCUT2D eigenvalue weighted by atomic mass is 16.1. The van der Waals surface area contributed by atoms with Crippen molar-refractivity contribution in [3.63, 3.8) is 0 Å². The minimum atomic E-state index is 0.0504. The van der Waals surface area contributed by atoms with E-state index >= 15 is 0 Å². The van der Waals surface area contributed by atoms with Crippen LogP contribution >= 0.6 is 0 Å². The van der Waals surface area contributed by atoms with Gasteiger partial charge >= 0.3 is 0 Å². The number of nitrogens with one attached hydrogen (secondary N) is 1. The third kappa shape index (κ3) is 4.82. The maximum atomic E-state index is 12.5. The quantitative estimate of drug-likeness (QED) is 0.418. The molecule has 2 aromatic heterocycles. The van der Waals surface area contributed by atoms with Crippen molar-refractivity contribution >= 4 is 28.4 Å². The number of anilines is 1. The molecule has 1 fully saturated rings. The topological polar surface area (TPSA) is 75.4 Å². The van der Waals surface area contributed by atoms with Crippen LogP contribution in [0.3, 0.4) is 0 Å². The van der Waals surface area contributed by atoms with Crippen molar-refractivity contribution in [1.82, 2.24) is 24.9 Å². The summed E-state index contributed by atoms with van der Waals surface area (Å²) in [4.78, 5) is 19.7. The fourth-order valence-corrected chi connectivity index (χ4v) is 4.58. The second kappa shape index (κ2) is 9.98. The molecule has 7 nitrogen and oxygen atoms in total. The number of benzene rings is 2. The summed E-state index contributed by atoms with van der Waals surface area (Å²) in [5.41, 5.74) is 3.99. The predicted octanol–water partition coefficient (Wildman–Crippen LogP) is 3.95. The van der Waals surface area contributed by atoms with Gasteiger partial charge in [-0.3, -0.25) is 9.20 Å². The van der Waals surface area contributed by atoms with E-state index in [9.17, 15) is 4.79 Å². The maximum absolute atomic E-state index is 12.5. The number of hydrogen-bond donors (Lipinski definition) is 1. The van der Waals surface area contributed by atoms with Crippen molar-refractivity contribution < 1.29 is 4.79 Å². The van der Waals surface area contributed by atoms with Crippen LogP contribution in [0.2, 0.25) is 0 Å². The molecule has 1 saturated heterocycles. The zero-order chi connectivity index (χ0) is 22.5. The number of carbonyl (C=O) groups excluding carboxylic acids is 1. The van der Waals surface area contributed by atoms with Crippen LogP contribution in [-0.2, 0) is 17.6 Å². The highest BCUT2D eigenvalue weighted by Gasteiger charge is 2.21. The molecular formula is C26H30N6O. The molecule has 0 bridgehead atoms. The number of aromatic nitrogens is 4. The highest BCUT2D eigenvalue weighted by molar-refractivity contribution is 5.83. The summed E-state index contributed by atoms with van der Waals surface area (Å²) in [6.07, 6.45) is 6.44. The van der Waals surface area contributed by atoms with Gasteiger partial charge < -0.3 is 10.2 Å². The lowest BCUT2D eigenvalue weighted by atomic mass is 10.1. The molecule has 0 radical (unpaired) electrons. The van der Waals surface area contributed by atoms with Gasteiger partial charge in [0.1, 0.15) is 5.82 Å². The first kappa shape index (κ1) is 21.4. The fraction of sp³-hybridized carbons (Fsp3) is 0.385. The van der Waals surface area contributed by atoms with Crippen LogP contribution in [0.15, 0.2) is 54.6 Å². The van der Waals surface area contributed by atoms with E-state index in [1.54, 1.807) is 0 Å². The number of aryl methyl sites for hydroxylation is 2. The van der Waals surface area contributed by atoms with Crippen molar-refractivity contribution in [2.45, 2.75) is 44.9 Å². The Hall–Kier alpha value is -3.48. The molecule has 3 heterocycles. The monoisotopic (exact) mass is 442 g/mol. The molecule has 2 aromatic carbocycles. The van der Waals surface area contributed by atoms with Crippen molar-refractivity contribution in [3.8, 4) is 0 Å². The minimum Gasteiger partial charge on any atom is -0.356 e. The third-order valence-corrected chi connectivity index (χ3v) is 6.32. The van der Waals surface area contributed by atoms with Gasteiger partial charge in [-0.15, -0.1) is 10.2 Å². The van der Waals surface area contributed by atoms with Crippen LogP contribution in [0.5, 0.6) is 0 Å². The lowest BCUT2D eigenvalue weighted by Gasteiger charge is -2.28. The number of hydrogen-bond acceptors (Lipinski definition) is 5. The summed E-state index contributed by atoms with van der Waals surface area (Å²) in [6, 6.07) is 18.5. The molecule has 1 aliphatic rings. The lowest BCUT2D eigenvalue weighted by Crippen LogP contribution is -2.30. The normalized spacial score (nSPS) is 14.1. The van der Waals surface area contributed by atoms with Gasteiger partial charge in [0.2, 0.25) is 11.6 Å². The number of amides is 1. The molecule has 4 aromatic rings. The standard InChI is InChI=1S/C26H30N6O/c33-24(27-17-9-12-20-10-3-1-4-11-20)16-15-23-29-30-26-25(31-18-7-2-8-19-31)28-21-13-5-6-14-22(21)32(23)26/h1,3-6,10-11,13-14H,2,7-9,12,15-19H2,(H,27,33). The number of fused-ring (bicyclic) bond motifs is 3. The molecule has 33 heavy (non-hydrogen) atoms. The fourth-order valence-electron chi connectivity index (χ4n) is 4.58. The van der Waals surface area contributed by atoms with Crippen LogP contribution < -0.4 is 10.2 Å². The van der Waals surface area contributed by atoms with E-state index in [1.165, 1.54) is 24.8 Å². The van der Waals surface area contributed by atoms with Crippen molar-refractivity contribution in [2.75, 3.05) is 24.5 Å². The van der Waals surface area contributed by atoms with E-state index < -0.39 is 0 Å². The lowest BCUT2D eigenvalue weighted by molar-refractivity contribution is -0.121. The van der Waals surface area contributed by atoms with Gasteiger partial charge in [0.05, 0.1) is 11.0 Å². The zero-order valence-corrected chi connectivity index (χ0v) is 18.9. The SMILES string of the molecule is O=C(CCc1nnc2c(N3CCCCC3)nc3ccccc3n12)NCCCc1ccccc1. The Morgan fingerprint density at radius 1 is 0.909 bits per heavy atom. The Morgan fingerprint density at radius 2 is 1.70 bits per heavy atom. The molecule has 1 N–H and O–H groups in total. The molecule has 0 unspecified atom stereocenters. The largest absolute Gasteiger partial charge is 0.356 e. The number of para-hydroxylation sites is 2. The Morgan fingerprint density at radius 3 is 2.55 bits per heavy atom. The molecule has 5 rings (SSSR count). The maximum Gasteiger partial charge on any atom is 0.220 e. The van der Waals surface area contributed by atoms with Crippen LogP contribution in [0.25, 0.3) is 16.7 Å². The van der Waals surface area contributed by atoms with Crippen LogP contribution in [0, 0.1) is 0 Å². The molecule has 7 heteroatoms. The molecule has 1 aliphatic heterocycles. The Labute approximate surface area is 193 Å². The van der Waals surface area contributed by atoms with Crippen molar-refractivity contribution in [3.05, 3.63) is 66.0 Å². The Kier molecular flexibility index (Phi) is 6.46. The molecule has 0 atom stereocenters. The van der Waals surface area contributed by atoms with E-state index in [-0.39, 0.29) is 5.91 Å². The molecule has 0 spiro atoms. The zero-order valence-electron chi connectivity index (χ0n) is 18.9. The molecule has 0 saturated carbocycles. The average molecular weight is 443 g/mol. The third-order valence-electron chi connectivity index (χ3n) is 6.32. The van der Waals surface area contributed by atoms with Gasteiger partial charge in [-0.2, -0.15) is 0 Å². The Bertz CT molecular complexity index is 1230. The van der Waals surface area contributed by atoms with Gasteiger partial charge in [0.15, 0.2) is 5.82 Å². The second-order valence-corrected chi connectivity index (χ2v) is 8.69. The number of nitrogens with zero attached hydrogens (tertiary/aromatic N) is 5. The highest BCUT2D eigenvalue weighted by Crippen LogP contribution is 2.27.